The number of rotatable bonds is 5. The number of aromatic nitrogens is 3. The van der Waals surface area contributed by atoms with Crippen molar-refractivity contribution >= 4 is 5.91 Å². The van der Waals surface area contributed by atoms with Crippen molar-refractivity contribution < 1.29 is 18.8 Å². The molecule has 2 aliphatic rings. The Hall–Kier alpha value is -2.48. The lowest BCUT2D eigenvalue weighted by Crippen LogP contribution is -2.66. The van der Waals surface area contributed by atoms with Gasteiger partial charge < -0.3 is 18.9 Å². The first-order valence-electron chi connectivity index (χ1n) is 9.32. The van der Waals surface area contributed by atoms with Crippen LogP contribution in [-0.2, 0) is 4.74 Å². The largest absolute Gasteiger partial charge is 0.463 e. The van der Waals surface area contributed by atoms with Gasteiger partial charge in [-0.3, -0.25) is 4.79 Å². The number of carbonyl (C=O) groups excluding carboxylic acids is 1. The lowest BCUT2D eigenvalue weighted by molar-refractivity contribution is -0.166. The van der Waals surface area contributed by atoms with Crippen molar-refractivity contribution in [2.24, 2.45) is 5.92 Å². The summed E-state index contributed by atoms with van der Waals surface area (Å²) in [6.45, 7) is 6.12. The topological polar surface area (TPSA) is 90.6 Å². The number of ether oxygens (including phenoxy) is 2. The van der Waals surface area contributed by atoms with Crippen LogP contribution >= 0.6 is 0 Å². The molecule has 1 spiro atoms. The van der Waals surface area contributed by atoms with Gasteiger partial charge in [0.15, 0.2) is 0 Å². The second kappa shape index (κ2) is 7.26. The van der Waals surface area contributed by atoms with Gasteiger partial charge in [-0.1, -0.05) is 5.16 Å². The molecule has 2 fully saturated rings. The zero-order chi connectivity index (χ0) is 18.9. The summed E-state index contributed by atoms with van der Waals surface area (Å²) in [6.07, 6.45) is 6.23. The van der Waals surface area contributed by atoms with E-state index in [1.54, 1.807) is 32.3 Å². The van der Waals surface area contributed by atoms with E-state index in [0.717, 1.165) is 25.9 Å². The number of aryl methyl sites for hydroxylation is 2. The maximum absolute atomic E-state index is 12.7. The van der Waals surface area contributed by atoms with Crippen LogP contribution in [0.5, 0.6) is 6.01 Å². The highest BCUT2D eigenvalue weighted by Gasteiger charge is 2.49. The third-order valence-electron chi connectivity index (χ3n) is 5.39. The van der Waals surface area contributed by atoms with Gasteiger partial charge in [-0.05, 0) is 45.1 Å². The van der Waals surface area contributed by atoms with Crippen LogP contribution in [-0.4, -0.2) is 57.8 Å². The molecule has 1 amide bonds. The second-order valence-electron chi connectivity index (χ2n) is 7.42. The third kappa shape index (κ3) is 3.66. The second-order valence-corrected chi connectivity index (χ2v) is 7.42. The quantitative estimate of drug-likeness (QED) is 0.794. The van der Waals surface area contributed by atoms with E-state index < -0.39 is 0 Å². The standard InChI is InChI=1S/C19H24N4O4/c1-13-16(14(2)27-22-13)17(24)23-11-19(12-23)10-15(5-9-26-19)4-8-25-18-20-6-3-7-21-18/h3,6-7,15H,4-5,8-12H2,1-2H3/t15-/m1/s1. The molecule has 0 aliphatic carbocycles. The molecular formula is C19H24N4O4. The predicted molar refractivity (Wildman–Crippen MR) is 95.4 cm³/mol. The monoisotopic (exact) mass is 372 g/mol. The van der Waals surface area contributed by atoms with Gasteiger partial charge in [0.2, 0.25) is 0 Å². The Kier molecular flexibility index (Phi) is 4.82. The summed E-state index contributed by atoms with van der Waals surface area (Å²) in [4.78, 5) is 22.7. The summed E-state index contributed by atoms with van der Waals surface area (Å²) < 4.78 is 16.8. The lowest BCUT2D eigenvalue weighted by Gasteiger charge is -2.53. The Labute approximate surface area is 157 Å². The van der Waals surface area contributed by atoms with Crippen molar-refractivity contribution in [2.45, 2.75) is 38.7 Å². The maximum Gasteiger partial charge on any atom is 0.316 e. The van der Waals surface area contributed by atoms with E-state index in [1.807, 2.05) is 4.90 Å². The van der Waals surface area contributed by atoms with E-state index in [4.69, 9.17) is 14.0 Å². The van der Waals surface area contributed by atoms with Gasteiger partial charge in [-0.25, -0.2) is 9.97 Å². The van der Waals surface area contributed by atoms with Crippen LogP contribution in [0.25, 0.3) is 0 Å². The average molecular weight is 372 g/mol. The normalized spacial score (nSPS) is 21.1. The van der Waals surface area contributed by atoms with Crippen LogP contribution in [0.4, 0.5) is 0 Å². The van der Waals surface area contributed by atoms with Gasteiger partial charge in [0.25, 0.3) is 5.91 Å². The number of hydrogen-bond acceptors (Lipinski definition) is 7. The molecule has 2 saturated heterocycles. The minimum atomic E-state index is -0.221. The van der Waals surface area contributed by atoms with Crippen molar-refractivity contribution in [3.05, 3.63) is 35.5 Å². The van der Waals surface area contributed by atoms with Gasteiger partial charge in [0.05, 0.1) is 25.4 Å². The fraction of sp³-hybridized carbons (Fsp3) is 0.579. The third-order valence-corrected chi connectivity index (χ3v) is 5.39. The molecular weight excluding hydrogens is 348 g/mol. The predicted octanol–water partition coefficient (Wildman–Crippen LogP) is 2.17. The highest BCUT2D eigenvalue weighted by atomic mass is 16.5. The van der Waals surface area contributed by atoms with Crippen molar-refractivity contribution in [3.63, 3.8) is 0 Å². The first-order chi connectivity index (χ1) is 13.1. The van der Waals surface area contributed by atoms with Crippen LogP contribution in [0.2, 0.25) is 0 Å². The highest BCUT2D eigenvalue weighted by Crippen LogP contribution is 2.39. The van der Waals surface area contributed by atoms with Gasteiger partial charge in [0, 0.05) is 19.0 Å². The average Bonchev–Trinajstić information content (AvgIpc) is 2.99. The van der Waals surface area contributed by atoms with E-state index in [2.05, 4.69) is 15.1 Å². The summed E-state index contributed by atoms with van der Waals surface area (Å²) in [5, 5.41) is 3.87. The molecule has 4 rings (SSSR count). The van der Waals surface area contributed by atoms with Crippen molar-refractivity contribution in [3.8, 4) is 6.01 Å². The fourth-order valence-electron chi connectivity index (χ4n) is 4.01. The van der Waals surface area contributed by atoms with E-state index in [1.165, 1.54) is 0 Å². The number of likely N-dealkylation sites (tertiary alicyclic amines) is 1. The fourth-order valence-corrected chi connectivity index (χ4v) is 4.01. The number of carbonyl (C=O) groups is 1. The molecule has 144 valence electrons. The molecule has 2 aliphatic heterocycles. The molecule has 1 atom stereocenters. The molecule has 8 heteroatoms. The molecule has 8 nitrogen and oxygen atoms in total. The maximum atomic E-state index is 12.7. The van der Waals surface area contributed by atoms with Gasteiger partial charge in [0.1, 0.15) is 16.9 Å². The SMILES string of the molecule is Cc1noc(C)c1C(=O)N1CC2(C[C@H](CCOc3ncccn3)CCO2)C1. The van der Waals surface area contributed by atoms with E-state index >= 15 is 0 Å². The number of nitrogens with zero attached hydrogens (tertiary/aromatic N) is 4. The zero-order valence-electron chi connectivity index (χ0n) is 15.7. The smallest absolute Gasteiger partial charge is 0.316 e. The summed E-state index contributed by atoms with van der Waals surface area (Å²) >= 11 is 0. The van der Waals surface area contributed by atoms with Crippen LogP contribution in [0.15, 0.2) is 23.0 Å². The molecule has 2 aromatic rings. The number of hydrogen-bond donors (Lipinski definition) is 0. The Morgan fingerprint density at radius 1 is 1.33 bits per heavy atom. The lowest BCUT2D eigenvalue weighted by atomic mass is 9.79. The minimum absolute atomic E-state index is 0.0211. The molecule has 0 N–H and O–H groups in total. The Morgan fingerprint density at radius 3 is 2.81 bits per heavy atom. The van der Waals surface area contributed by atoms with Crippen LogP contribution in [0.1, 0.15) is 41.1 Å². The van der Waals surface area contributed by atoms with Gasteiger partial charge >= 0.3 is 6.01 Å². The van der Waals surface area contributed by atoms with Crippen molar-refractivity contribution in [1.82, 2.24) is 20.0 Å². The molecule has 0 radical (unpaired) electrons. The first kappa shape index (κ1) is 17.9. The number of amides is 1. The minimum Gasteiger partial charge on any atom is -0.463 e. The van der Waals surface area contributed by atoms with Gasteiger partial charge in [-0.2, -0.15) is 0 Å². The van der Waals surface area contributed by atoms with Gasteiger partial charge in [-0.15, -0.1) is 0 Å². The van der Waals surface area contributed by atoms with E-state index in [0.29, 0.717) is 48.6 Å². The Morgan fingerprint density at radius 2 is 2.11 bits per heavy atom. The molecule has 0 unspecified atom stereocenters. The summed E-state index contributed by atoms with van der Waals surface area (Å²) in [5.41, 5.74) is 0.996. The first-order valence-corrected chi connectivity index (χ1v) is 9.32. The highest BCUT2D eigenvalue weighted by molar-refractivity contribution is 5.96. The Balaban J connectivity index is 1.28. The molecule has 0 aromatic carbocycles. The molecule has 4 heterocycles. The molecule has 0 saturated carbocycles. The van der Waals surface area contributed by atoms with E-state index in [9.17, 15) is 4.79 Å². The molecule has 27 heavy (non-hydrogen) atoms. The van der Waals surface area contributed by atoms with E-state index in [-0.39, 0.29) is 11.5 Å². The summed E-state index contributed by atoms with van der Waals surface area (Å²) in [6, 6.07) is 2.18. The molecule has 2 aromatic heterocycles. The summed E-state index contributed by atoms with van der Waals surface area (Å²) in [7, 11) is 0. The van der Waals surface area contributed by atoms with Crippen molar-refractivity contribution in [1.29, 1.82) is 0 Å². The Bertz CT molecular complexity index is 782. The van der Waals surface area contributed by atoms with Crippen molar-refractivity contribution in [2.75, 3.05) is 26.3 Å². The van der Waals surface area contributed by atoms with Crippen LogP contribution < -0.4 is 4.74 Å². The molecule has 0 bridgehead atoms. The van der Waals surface area contributed by atoms with Crippen LogP contribution in [0.3, 0.4) is 0 Å². The zero-order valence-corrected chi connectivity index (χ0v) is 15.7. The van der Waals surface area contributed by atoms with Crippen LogP contribution in [0, 0.1) is 19.8 Å². The summed E-state index contributed by atoms with van der Waals surface area (Å²) in [5.74, 6) is 1.06.